The summed E-state index contributed by atoms with van der Waals surface area (Å²) in [5, 5.41) is 8.77. The smallest absolute Gasteiger partial charge is 0.167 e. The highest BCUT2D eigenvalue weighted by atomic mass is 16.3. The van der Waals surface area contributed by atoms with Gasteiger partial charge in [0.1, 0.15) is 11.2 Å². The van der Waals surface area contributed by atoms with Crippen LogP contribution in [0.15, 0.2) is 192 Å². The van der Waals surface area contributed by atoms with Crippen LogP contribution in [0.2, 0.25) is 0 Å². The molecule has 0 spiro atoms. The van der Waals surface area contributed by atoms with Crippen LogP contribution in [0, 0.1) is 0 Å². The lowest BCUT2D eigenvalue weighted by atomic mass is 9.93. The average Bonchev–Trinajstić information content (AvgIpc) is 3.65. The van der Waals surface area contributed by atoms with Crippen LogP contribution in [-0.2, 0) is 0 Å². The monoisotopic (exact) mass is 701 g/mol. The van der Waals surface area contributed by atoms with Gasteiger partial charge in [-0.1, -0.05) is 164 Å². The molecule has 0 aliphatic rings. The number of para-hydroxylation sites is 1. The van der Waals surface area contributed by atoms with Crippen molar-refractivity contribution in [3.05, 3.63) is 188 Å². The summed E-state index contributed by atoms with van der Waals surface area (Å²) in [4.78, 5) is 15.5. The van der Waals surface area contributed by atoms with E-state index in [0.29, 0.717) is 17.5 Å². The summed E-state index contributed by atoms with van der Waals surface area (Å²) < 4.78 is 6.95. The zero-order chi connectivity index (χ0) is 36.3. The van der Waals surface area contributed by atoms with Gasteiger partial charge < -0.3 is 4.42 Å². The van der Waals surface area contributed by atoms with Crippen LogP contribution in [0.1, 0.15) is 0 Å². The highest BCUT2D eigenvalue weighted by Gasteiger charge is 2.21. The third-order valence-corrected chi connectivity index (χ3v) is 10.7. The number of fused-ring (bicyclic) bond motifs is 7. The minimum Gasteiger partial charge on any atom is -0.455 e. The van der Waals surface area contributed by atoms with Crippen LogP contribution in [0.3, 0.4) is 0 Å². The minimum atomic E-state index is 0.561. The zero-order valence-corrected chi connectivity index (χ0v) is 29.6. The number of furan rings is 1. The van der Waals surface area contributed by atoms with Crippen molar-refractivity contribution in [2.75, 3.05) is 0 Å². The maximum Gasteiger partial charge on any atom is 0.167 e. The van der Waals surface area contributed by atoms with Gasteiger partial charge in [-0.3, -0.25) is 0 Å². The van der Waals surface area contributed by atoms with Gasteiger partial charge in [0.15, 0.2) is 17.5 Å². The van der Waals surface area contributed by atoms with Gasteiger partial charge in [-0.25, -0.2) is 15.0 Å². The Hall–Kier alpha value is -7.43. The molecule has 0 saturated heterocycles. The molecule has 0 bridgehead atoms. The molecule has 4 nitrogen and oxygen atoms in total. The summed E-state index contributed by atoms with van der Waals surface area (Å²) >= 11 is 0. The Morgan fingerprint density at radius 3 is 1.73 bits per heavy atom. The summed E-state index contributed by atoms with van der Waals surface area (Å²) in [6.07, 6.45) is 0. The lowest BCUT2D eigenvalue weighted by Gasteiger charge is -2.11. The van der Waals surface area contributed by atoms with E-state index in [1.807, 2.05) is 0 Å². The van der Waals surface area contributed by atoms with Crippen LogP contribution >= 0.6 is 0 Å². The summed E-state index contributed by atoms with van der Waals surface area (Å²) in [6.45, 7) is 0. The number of hydrogen-bond donors (Lipinski definition) is 0. The molecule has 11 aromatic rings. The van der Waals surface area contributed by atoms with E-state index in [4.69, 9.17) is 19.4 Å². The van der Waals surface area contributed by atoms with Crippen LogP contribution < -0.4 is 0 Å². The molecule has 11 rings (SSSR count). The molecule has 256 valence electrons. The fourth-order valence-corrected chi connectivity index (χ4v) is 8.03. The summed E-state index contributed by atoms with van der Waals surface area (Å²) in [6, 6.07) is 65.8. The molecule has 0 atom stereocenters. The van der Waals surface area contributed by atoms with E-state index in [0.717, 1.165) is 76.7 Å². The topological polar surface area (TPSA) is 51.8 Å². The van der Waals surface area contributed by atoms with E-state index in [1.54, 1.807) is 0 Å². The molecule has 0 N–H and O–H groups in total. The second kappa shape index (κ2) is 12.6. The minimum absolute atomic E-state index is 0.561. The largest absolute Gasteiger partial charge is 0.455 e. The molecule has 0 aliphatic carbocycles. The number of benzene rings is 9. The van der Waals surface area contributed by atoms with Crippen molar-refractivity contribution < 1.29 is 4.42 Å². The number of aromatic nitrogens is 3. The number of nitrogens with zero attached hydrogens (tertiary/aromatic N) is 3. The lowest BCUT2D eigenvalue weighted by Crippen LogP contribution is -2.00. The molecule has 2 heterocycles. The number of hydrogen-bond acceptors (Lipinski definition) is 4. The maximum absolute atomic E-state index is 6.95. The van der Waals surface area contributed by atoms with E-state index in [-0.39, 0.29) is 0 Å². The normalized spacial score (nSPS) is 11.6. The van der Waals surface area contributed by atoms with Crippen molar-refractivity contribution in [2.45, 2.75) is 0 Å². The number of rotatable bonds is 5. The maximum atomic E-state index is 6.95. The van der Waals surface area contributed by atoms with Gasteiger partial charge in [0.2, 0.25) is 0 Å². The Labute approximate surface area is 317 Å². The summed E-state index contributed by atoms with van der Waals surface area (Å²) in [7, 11) is 0. The van der Waals surface area contributed by atoms with Crippen molar-refractivity contribution in [3.63, 3.8) is 0 Å². The van der Waals surface area contributed by atoms with Gasteiger partial charge in [-0.05, 0) is 73.5 Å². The van der Waals surface area contributed by atoms with Crippen molar-refractivity contribution in [1.29, 1.82) is 0 Å². The molecule has 9 aromatic carbocycles. The molecule has 0 fully saturated rings. The van der Waals surface area contributed by atoms with Crippen molar-refractivity contribution >= 4 is 54.3 Å². The molecular weight excluding hydrogens is 671 g/mol. The van der Waals surface area contributed by atoms with Gasteiger partial charge in [0.25, 0.3) is 0 Å². The first kappa shape index (κ1) is 31.1. The van der Waals surface area contributed by atoms with E-state index in [1.165, 1.54) is 16.5 Å². The van der Waals surface area contributed by atoms with Crippen molar-refractivity contribution in [3.8, 4) is 56.4 Å². The van der Waals surface area contributed by atoms with Crippen molar-refractivity contribution in [1.82, 2.24) is 15.0 Å². The van der Waals surface area contributed by atoms with Crippen LogP contribution in [0.25, 0.3) is 111 Å². The fourth-order valence-electron chi connectivity index (χ4n) is 8.03. The Morgan fingerprint density at radius 2 is 0.855 bits per heavy atom. The second-order valence-corrected chi connectivity index (χ2v) is 14.0. The first-order valence-electron chi connectivity index (χ1n) is 18.5. The van der Waals surface area contributed by atoms with Crippen LogP contribution in [-0.4, -0.2) is 15.0 Å². The highest BCUT2D eigenvalue weighted by Crippen LogP contribution is 2.43. The summed E-state index contributed by atoms with van der Waals surface area (Å²) in [5.41, 5.74) is 8.97. The van der Waals surface area contributed by atoms with Crippen LogP contribution in [0.4, 0.5) is 0 Å². The lowest BCUT2D eigenvalue weighted by molar-refractivity contribution is 0.673. The fraction of sp³-hybridized carbons (Fsp3) is 0. The third-order valence-electron chi connectivity index (χ3n) is 10.7. The van der Waals surface area contributed by atoms with Crippen molar-refractivity contribution in [2.24, 2.45) is 0 Å². The van der Waals surface area contributed by atoms with E-state index < -0.39 is 0 Å². The molecule has 0 radical (unpaired) electrons. The first-order valence-corrected chi connectivity index (χ1v) is 18.5. The molecule has 55 heavy (non-hydrogen) atoms. The Morgan fingerprint density at radius 1 is 0.273 bits per heavy atom. The molecule has 0 saturated carbocycles. The van der Waals surface area contributed by atoms with Gasteiger partial charge in [0, 0.05) is 27.3 Å². The molecular formula is C51H31N3O. The first-order chi connectivity index (χ1) is 27.2. The SMILES string of the molecule is c1ccc(-c2cccc(-c3cc4c5cccc(-c6nc(-c7ccc8ccccc8c7)nc(-c7cccc8ccccc78)n6)c5oc4c4ccccc34)c2)cc1. The van der Waals surface area contributed by atoms with E-state index in [9.17, 15) is 0 Å². The molecule has 0 unspecified atom stereocenters. The highest BCUT2D eigenvalue weighted by molar-refractivity contribution is 6.20. The zero-order valence-electron chi connectivity index (χ0n) is 29.6. The average molecular weight is 702 g/mol. The van der Waals surface area contributed by atoms with Gasteiger partial charge >= 0.3 is 0 Å². The third kappa shape index (κ3) is 5.26. The van der Waals surface area contributed by atoms with Gasteiger partial charge in [-0.15, -0.1) is 0 Å². The predicted molar refractivity (Wildman–Crippen MR) is 227 cm³/mol. The van der Waals surface area contributed by atoms with Gasteiger partial charge in [-0.2, -0.15) is 0 Å². The Balaban J connectivity index is 1.15. The molecule has 2 aromatic heterocycles. The quantitative estimate of drug-likeness (QED) is 0.179. The van der Waals surface area contributed by atoms with E-state index >= 15 is 0 Å². The van der Waals surface area contributed by atoms with E-state index in [2.05, 4.69) is 188 Å². The second-order valence-electron chi connectivity index (χ2n) is 14.0. The Kier molecular flexibility index (Phi) is 7.14. The molecule has 4 heteroatoms. The van der Waals surface area contributed by atoms with Gasteiger partial charge in [0.05, 0.1) is 5.56 Å². The molecule has 0 aliphatic heterocycles. The standard InChI is InChI=1S/C51H31N3O/c1-2-13-32(14-3-1)36-19-10-20-37(29-36)45-31-46-42-24-12-26-44(47(42)55-48(46)41-23-9-8-22-40(41)45)51-53-49(38-28-27-33-15-4-5-17-35(33)30-38)52-50(54-51)43-25-11-18-34-16-6-7-21-39(34)43/h1-31H. The molecule has 0 amide bonds. The summed E-state index contributed by atoms with van der Waals surface area (Å²) in [5.74, 6) is 1.78. The predicted octanol–water partition coefficient (Wildman–Crippen LogP) is 13.6. The Bertz CT molecular complexity index is 3270. The van der Waals surface area contributed by atoms with Crippen LogP contribution in [0.5, 0.6) is 0 Å².